The summed E-state index contributed by atoms with van der Waals surface area (Å²) in [6.07, 6.45) is 6.27. The smallest absolute Gasteiger partial charge is 0.161 e. The summed E-state index contributed by atoms with van der Waals surface area (Å²) in [5.74, 6) is 0.775. The van der Waals surface area contributed by atoms with E-state index in [1.807, 2.05) is 31.2 Å². The molecule has 94 valence electrons. The Labute approximate surface area is 107 Å². The lowest BCUT2D eigenvalue weighted by Crippen LogP contribution is -2.17. The molecule has 2 heterocycles. The van der Waals surface area contributed by atoms with Gasteiger partial charge < -0.3 is 5.32 Å². The lowest BCUT2D eigenvalue weighted by atomic mass is 9.99. The topological polar surface area (TPSA) is 42.2 Å². The van der Waals surface area contributed by atoms with Crippen LogP contribution in [-0.4, -0.2) is 26.7 Å². The molecule has 2 rings (SSSR count). The van der Waals surface area contributed by atoms with Crippen molar-refractivity contribution in [3.05, 3.63) is 12.4 Å². The molecule has 1 aromatic rings. The Morgan fingerprint density at radius 2 is 2.29 bits per heavy atom. The van der Waals surface area contributed by atoms with Gasteiger partial charge in [-0.05, 0) is 5.92 Å². The molecule has 1 atom stereocenters. The van der Waals surface area contributed by atoms with Crippen LogP contribution >= 0.6 is 11.8 Å². The highest BCUT2D eigenvalue weighted by Gasteiger charge is 2.25. The van der Waals surface area contributed by atoms with Gasteiger partial charge in [-0.25, -0.2) is 0 Å². The third kappa shape index (κ3) is 3.03. The number of nitrogens with zero attached hydrogens (tertiary/aromatic N) is 3. The van der Waals surface area contributed by atoms with Crippen LogP contribution in [0, 0.1) is 5.92 Å². The molecule has 1 aromatic heterocycles. The van der Waals surface area contributed by atoms with Gasteiger partial charge in [-0.2, -0.15) is 5.10 Å². The first-order valence-electron chi connectivity index (χ1n) is 6.19. The molecule has 1 unspecified atom stereocenters. The fourth-order valence-corrected chi connectivity index (χ4v) is 3.47. The van der Waals surface area contributed by atoms with E-state index in [0.29, 0.717) is 5.25 Å². The minimum absolute atomic E-state index is 0.643. The van der Waals surface area contributed by atoms with E-state index in [9.17, 15) is 0 Å². The number of rotatable bonds is 4. The van der Waals surface area contributed by atoms with Crippen LogP contribution in [0.15, 0.2) is 17.4 Å². The molecular weight excluding hydrogens is 232 g/mol. The number of aliphatic imine (C=N–C) groups is 1. The summed E-state index contributed by atoms with van der Waals surface area (Å²) in [6, 6.07) is 0. The molecule has 0 fully saturated rings. The molecule has 0 amide bonds. The third-order valence-corrected chi connectivity index (χ3v) is 4.50. The van der Waals surface area contributed by atoms with Crippen molar-refractivity contribution >= 4 is 22.6 Å². The monoisotopic (exact) mass is 252 g/mol. The van der Waals surface area contributed by atoms with Crippen molar-refractivity contribution in [3.63, 3.8) is 0 Å². The summed E-state index contributed by atoms with van der Waals surface area (Å²) in [7, 11) is 1.92. The number of hydrogen-bond acceptors (Lipinski definition) is 4. The molecule has 17 heavy (non-hydrogen) atoms. The molecule has 5 heteroatoms. The molecule has 0 aliphatic carbocycles. The van der Waals surface area contributed by atoms with Crippen molar-refractivity contribution in [2.75, 3.05) is 11.9 Å². The van der Waals surface area contributed by atoms with Crippen LogP contribution in [0.5, 0.6) is 0 Å². The van der Waals surface area contributed by atoms with Crippen molar-refractivity contribution in [2.45, 2.75) is 31.9 Å². The zero-order valence-electron chi connectivity index (χ0n) is 10.7. The molecule has 1 aliphatic heterocycles. The lowest BCUT2D eigenvalue weighted by Gasteiger charge is -2.18. The van der Waals surface area contributed by atoms with Crippen molar-refractivity contribution < 1.29 is 0 Å². The highest BCUT2D eigenvalue weighted by atomic mass is 32.2. The summed E-state index contributed by atoms with van der Waals surface area (Å²) < 4.78 is 1.79. The van der Waals surface area contributed by atoms with Gasteiger partial charge in [0, 0.05) is 18.5 Å². The number of thioether (sulfide) groups is 1. The molecule has 0 radical (unpaired) electrons. The zero-order chi connectivity index (χ0) is 12.3. The molecule has 0 aromatic carbocycles. The molecule has 0 saturated carbocycles. The summed E-state index contributed by atoms with van der Waals surface area (Å²) in [6.45, 7) is 5.47. The number of aryl methyl sites for hydroxylation is 1. The molecule has 1 aliphatic rings. The highest BCUT2D eigenvalue weighted by molar-refractivity contribution is 8.15. The van der Waals surface area contributed by atoms with Gasteiger partial charge in [-0.3, -0.25) is 9.67 Å². The standard InChI is InChI=1S/C12H20N4S/c1-4-9(5-2)11-7-13-12(17-11)15-10-6-14-16(3)8-10/h6,8-9,11H,4-5,7H2,1-3H3,(H,13,15). The number of amidine groups is 1. The van der Waals surface area contributed by atoms with E-state index < -0.39 is 0 Å². The largest absolute Gasteiger partial charge is 0.332 e. The Bertz CT molecular complexity index is 395. The Balaban J connectivity index is 1.89. The lowest BCUT2D eigenvalue weighted by molar-refractivity contribution is 0.479. The minimum atomic E-state index is 0.643. The maximum absolute atomic E-state index is 4.57. The molecule has 1 N–H and O–H groups in total. The van der Waals surface area contributed by atoms with Gasteiger partial charge in [0.1, 0.15) is 0 Å². The van der Waals surface area contributed by atoms with E-state index in [-0.39, 0.29) is 0 Å². The third-order valence-electron chi connectivity index (χ3n) is 3.21. The Kier molecular flexibility index (Phi) is 4.10. The molecular formula is C12H20N4S. The number of hydrogen-bond donors (Lipinski definition) is 1. The second kappa shape index (κ2) is 5.58. The van der Waals surface area contributed by atoms with Crippen molar-refractivity contribution in [1.29, 1.82) is 0 Å². The van der Waals surface area contributed by atoms with E-state index in [1.54, 1.807) is 4.68 Å². The van der Waals surface area contributed by atoms with Crippen LogP contribution in [0.2, 0.25) is 0 Å². The van der Waals surface area contributed by atoms with E-state index in [2.05, 4.69) is 29.3 Å². The number of anilines is 1. The van der Waals surface area contributed by atoms with Gasteiger partial charge in [-0.15, -0.1) is 0 Å². The molecule has 0 bridgehead atoms. The predicted molar refractivity (Wildman–Crippen MR) is 74.6 cm³/mol. The Morgan fingerprint density at radius 1 is 1.53 bits per heavy atom. The second-order valence-corrected chi connectivity index (χ2v) is 5.63. The first-order valence-corrected chi connectivity index (χ1v) is 7.07. The minimum Gasteiger partial charge on any atom is -0.332 e. The average Bonchev–Trinajstić information content (AvgIpc) is 2.91. The van der Waals surface area contributed by atoms with Crippen molar-refractivity contribution in [1.82, 2.24) is 9.78 Å². The Hall–Kier alpha value is -0.970. The number of nitrogens with one attached hydrogen (secondary N) is 1. The van der Waals surface area contributed by atoms with Gasteiger partial charge in [-0.1, -0.05) is 38.5 Å². The summed E-state index contributed by atoms with van der Waals surface area (Å²) in [5, 5.41) is 9.14. The van der Waals surface area contributed by atoms with Crippen LogP contribution in [0.25, 0.3) is 0 Å². The van der Waals surface area contributed by atoms with Crippen molar-refractivity contribution in [3.8, 4) is 0 Å². The number of aromatic nitrogens is 2. The SMILES string of the molecule is CCC(CC)C1CN=C(Nc2cnn(C)c2)S1. The predicted octanol–water partition coefficient (Wildman–Crippen LogP) is 2.74. The molecule has 4 nitrogen and oxygen atoms in total. The van der Waals surface area contributed by atoms with E-state index in [1.165, 1.54) is 12.8 Å². The first-order chi connectivity index (χ1) is 8.22. The summed E-state index contributed by atoms with van der Waals surface area (Å²) in [4.78, 5) is 4.57. The van der Waals surface area contributed by atoms with E-state index in [4.69, 9.17) is 0 Å². The molecule has 0 saturated heterocycles. The normalized spacial score (nSPS) is 19.8. The van der Waals surface area contributed by atoms with Crippen LogP contribution < -0.4 is 5.32 Å². The summed E-state index contributed by atoms with van der Waals surface area (Å²) >= 11 is 1.87. The summed E-state index contributed by atoms with van der Waals surface area (Å²) in [5.41, 5.74) is 1.02. The van der Waals surface area contributed by atoms with Crippen LogP contribution in [0.4, 0.5) is 5.69 Å². The first kappa shape index (κ1) is 12.5. The second-order valence-electron chi connectivity index (χ2n) is 4.41. The van der Waals surface area contributed by atoms with Gasteiger partial charge in [0.05, 0.1) is 18.4 Å². The van der Waals surface area contributed by atoms with Crippen LogP contribution in [-0.2, 0) is 7.05 Å². The fourth-order valence-electron chi connectivity index (χ4n) is 2.13. The highest BCUT2D eigenvalue weighted by Crippen LogP contribution is 2.31. The van der Waals surface area contributed by atoms with E-state index in [0.717, 1.165) is 23.3 Å². The van der Waals surface area contributed by atoms with Crippen LogP contribution in [0.1, 0.15) is 26.7 Å². The van der Waals surface area contributed by atoms with E-state index >= 15 is 0 Å². The van der Waals surface area contributed by atoms with Gasteiger partial charge in [0.2, 0.25) is 0 Å². The van der Waals surface area contributed by atoms with Gasteiger partial charge in [0.15, 0.2) is 5.17 Å². The van der Waals surface area contributed by atoms with Crippen molar-refractivity contribution in [2.24, 2.45) is 18.0 Å². The van der Waals surface area contributed by atoms with Gasteiger partial charge in [0.25, 0.3) is 0 Å². The molecule has 0 spiro atoms. The zero-order valence-corrected chi connectivity index (χ0v) is 11.5. The maximum atomic E-state index is 4.57. The fraction of sp³-hybridized carbons (Fsp3) is 0.667. The maximum Gasteiger partial charge on any atom is 0.161 e. The van der Waals surface area contributed by atoms with Gasteiger partial charge >= 0.3 is 0 Å². The Morgan fingerprint density at radius 3 is 2.88 bits per heavy atom. The average molecular weight is 252 g/mol. The quantitative estimate of drug-likeness (QED) is 0.896. The van der Waals surface area contributed by atoms with Crippen LogP contribution in [0.3, 0.4) is 0 Å².